The lowest BCUT2D eigenvalue weighted by Crippen LogP contribution is -2.18. The number of nitrogens with one attached hydrogen (secondary N) is 1. The number of alkyl halides is 3. The molecule has 0 unspecified atom stereocenters. The number of carbonyl (C=O) groups is 2. The number of amides is 2. The number of hydrogen-bond donors (Lipinski definition) is 2. The quantitative estimate of drug-likeness (QED) is 0.256. The van der Waals surface area contributed by atoms with Gasteiger partial charge >= 0.3 is 11.9 Å². The number of nitro groups is 1. The lowest BCUT2D eigenvalue weighted by molar-refractivity contribution is -0.385. The molecule has 4 aromatic heterocycles. The molecule has 12 nitrogen and oxygen atoms in total. The van der Waals surface area contributed by atoms with Crippen molar-refractivity contribution in [2.24, 2.45) is 5.73 Å². The second-order valence-electron chi connectivity index (χ2n) is 7.88. The number of carbonyl (C=O) groups excluding carboxylic acids is 2. The van der Waals surface area contributed by atoms with Crippen molar-refractivity contribution in [1.82, 2.24) is 24.5 Å². The average Bonchev–Trinajstić information content (AvgIpc) is 3.54. The van der Waals surface area contributed by atoms with Crippen molar-refractivity contribution in [3.8, 4) is 11.1 Å². The molecule has 16 heteroatoms. The van der Waals surface area contributed by atoms with Crippen LogP contribution in [-0.4, -0.2) is 41.3 Å². The Morgan fingerprint density at radius 2 is 1.97 bits per heavy atom. The Hall–Kier alpha value is -4.34. The molecular formula is C21H19F3N8O4S. The van der Waals surface area contributed by atoms with E-state index in [9.17, 15) is 32.9 Å². The first-order valence-electron chi connectivity index (χ1n) is 10.7. The first kappa shape index (κ1) is 25.7. The summed E-state index contributed by atoms with van der Waals surface area (Å²) in [6, 6.07) is 0.850. The number of aryl methyl sites for hydroxylation is 2. The number of rotatable bonds is 8. The Morgan fingerprint density at radius 1 is 1.24 bits per heavy atom. The highest BCUT2D eigenvalue weighted by Crippen LogP contribution is 2.44. The minimum Gasteiger partial charge on any atom is -0.365 e. The predicted molar refractivity (Wildman–Crippen MR) is 127 cm³/mol. The fourth-order valence-corrected chi connectivity index (χ4v) is 4.77. The van der Waals surface area contributed by atoms with Gasteiger partial charge in [-0.3, -0.25) is 29.1 Å². The van der Waals surface area contributed by atoms with Gasteiger partial charge in [0.15, 0.2) is 0 Å². The van der Waals surface area contributed by atoms with E-state index >= 15 is 0 Å². The van der Waals surface area contributed by atoms with Gasteiger partial charge in [0.25, 0.3) is 5.91 Å². The van der Waals surface area contributed by atoms with Gasteiger partial charge in [0, 0.05) is 36.2 Å². The van der Waals surface area contributed by atoms with Crippen molar-refractivity contribution in [3.05, 3.63) is 51.0 Å². The molecule has 3 N–H and O–H groups in total. The third-order valence-corrected chi connectivity index (χ3v) is 6.63. The van der Waals surface area contributed by atoms with Gasteiger partial charge in [-0.1, -0.05) is 0 Å². The summed E-state index contributed by atoms with van der Waals surface area (Å²) in [5.41, 5.74) is 5.03. The van der Waals surface area contributed by atoms with Crippen LogP contribution in [0.15, 0.2) is 24.7 Å². The number of anilines is 1. The number of aromatic nitrogens is 5. The Labute approximate surface area is 210 Å². The van der Waals surface area contributed by atoms with Crippen LogP contribution in [0.3, 0.4) is 0 Å². The number of halogens is 3. The van der Waals surface area contributed by atoms with Crippen LogP contribution in [0.2, 0.25) is 0 Å². The van der Waals surface area contributed by atoms with E-state index in [0.717, 1.165) is 18.5 Å². The highest BCUT2D eigenvalue weighted by Gasteiger charge is 2.35. The van der Waals surface area contributed by atoms with Crippen molar-refractivity contribution in [3.63, 3.8) is 0 Å². The van der Waals surface area contributed by atoms with Crippen molar-refractivity contribution >= 4 is 44.7 Å². The highest BCUT2D eigenvalue weighted by atomic mass is 32.1. The number of fused-ring (bicyclic) bond motifs is 1. The molecule has 0 atom stereocenters. The van der Waals surface area contributed by atoms with E-state index in [2.05, 4.69) is 20.5 Å². The van der Waals surface area contributed by atoms with Gasteiger partial charge in [-0.25, -0.2) is 4.98 Å². The molecule has 194 valence electrons. The van der Waals surface area contributed by atoms with E-state index in [-0.39, 0.29) is 45.0 Å². The Kier molecular flexibility index (Phi) is 6.68. The molecule has 0 aliphatic rings. The SMILES string of the molecule is CCn1ncc(-c2cc(C(F)(F)F)nc3sc(C(N)=O)c(NC(=O)CCn4cc([N+](=O)[O-])cn4)c23)c1C. The normalized spacial score (nSPS) is 11.7. The smallest absolute Gasteiger partial charge is 0.365 e. The number of nitrogens with zero attached hydrogens (tertiary/aromatic N) is 6. The maximum atomic E-state index is 13.7. The van der Waals surface area contributed by atoms with Gasteiger partial charge in [-0.05, 0) is 25.5 Å². The average molecular weight is 536 g/mol. The molecule has 4 aromatic rings. The van der Waals surface area contributed by atoms with Gasteiger partial charge in [-0.2, -0.15) is 23.4 Å². The Balaban J connectivity index is 1.80. The molecule has 37 heavy (non-hydrogen) atoms. The molecule has 4 rings (SSSR count). The van der Waals surface area contributed by atoms with Crippen LogP contribution in [-0.2, 0) is 24.1 Å². The van der Waals surface area contributed by atoms with E-state index in [0.29, 0.717) is 29.1 Å². The lowest BCUT2D eigenvalue weighted by atomic mass is 10.0. The van der Waals surface area contributed by atoms with Crippen LogP contribution in [0.4, 0.5) is 24.5 Å². The van der Waals surface area contributed by atoms with Crippen molar-refractivity contribution in [1.29, 1.82) is 0 Å². The van der Waals surface area contributed by atoms with E-state index in [1.807, 2.05) is 6.92 Å². The van der Waals surface area contributed by atoms with Gasteiger partial charge in [0.1, 0.15) is 27.8 Å². The first-order valence-corrected chi connectivity index (χ1v) is 11.6. The van der Waals surface area contributed by atoms with Crippen molar-refractivity contribution < 1.29 is 27.7 Å². The van der Waals surface area contributed by atoms with E-state index < -0.39 is 28.6 Å². The number of hydrogen-bond acceptors (Lipinski definition) is 8. The van der Waals surface area contributed by atoms with Gasteiger partial charge in [0.2, 0.25) is 5.91 Å². The van der Waals surface area contributed by atoms with Crippen LogP contribution >= 0.6 is 11.3 Å². The number of nitrogens with two attached hydrogens (primary N) is 1. The number of pyridine rings is 1. The summed E-state index contributed by atoms with van der Waals surface area (Å²) >= 11 is 0.632. The number of primary amides is 1. The molecule has 0 aliphatic heterocycles. The molecule has 0 saturated heterocycles. The summed E-state index contributed by atoms with van der Waals surface area (Å²) < 4.78 is 43.8. The molecule has 0 spiro atoms. The molecule has 0 radical (unpaired) electrons. The molecular weight excluding hydrogens is 517 g/mol. The minimum atomic E-state index is -4.77. The summed E-state index contributed by atoms with van der Waals surface area (Å²) in [4.78, 5) is 38.6. The molecule has 2 amide bonds. The summed E-state index contributed by atoms with van der Waals surface area (Å²) in [7, 11) is 0. The molecule has 0 aromatic carbocycles. The zero-order valence-corrected chi connectivity index (χ0v) is 20.2. The van der Waals surface area contributed by atoms with Gasteiger partial charge < -0.3 is 11.1 Å². The molecule has 0 bridgehead atoms. The first-order chi connectivity index (χ1) is 17.4. The minimum absolute atomic E-state index is 0.0284. The summed E-state index contributed by atoms with van der Waals surface area (Å²) in [6.07, 6.45) is -1.39. The van der Waals surface area contributed by atoms with Crippen LogP contribution in [0, 0.1) is 17.0 Å². The standard InChI is InChI=1S/C21H19F3N8O4S/c1-3-31-10(2)13(8-27-31)12-6-14(21(22,23)24)28-20-16(12)17(18(37-20)19(25)34)29-15(33)4-5-30-9-11(7-26-30)32(35)36/h6-9H,3-5H2,1-2H3,(H2,25,34)(H,29,33). The largest absolute Gasteiger partial charge is 0.433 e. The van der Waals surface area contributed by atoms with Crippen LogP contribution < -0.4 is 11.1 Å². The van der Waals surface area contributed by atoms with Crippen LogP contribution in [0.25, 0.3) is 21.3 Å². The summed E-state index contributed by atoms with van der Waals surface area (Å²) in [5, 5.41) is 21.5. The maximum absolute atomic E-state index is 13.7. The predicted octanol–water partition coefficient (Wildman–Crippen LogP) is 3.74. The van der Waals surface area contributed by atoms with Gasteiger partial charge in [0.05, 0.1) is 16.8 Å². The molecule has 0 fully saturated rings. The van der Waals surface area contributed by atoms with Crippen molar-refractivity contribution in [2.75, 3.05) is 5.32 Å². The Morgan fingerprint density at radius 3 is 2.54 bits per heavy atom. The van der Waals surface area contributed by atoms with Gasteiger partial charge in [-0.15, -0.1) is 11.3 Å². The maximum Gasteiger partial charge on any atom is 0.433 e. The molecule has 4 heterocycles. The van der Waals surface area contributed by atoms with Crippen LogP contribution in [0.5, 0.6) is 0 Å². The zero-order chi connectivity index (χ0) is 27.1. The summed E-state index contributed by atoms with van der Waals surface area (Å²) in [5.74, 6) is -1.58. The second-order valence-corrected chi connectivity index (χ2v) is 8.88. The van der Waals surface area contributed by atoms with Crippen molar-refractivity contribution in [2.45, 2.75) is 39.5 Å². The monoisotopic (exact) mass is 536 g/mol. The summed E-state index contributed by atoms with van der Waals surface area (Å²) in [6.45, 7) is 3.95. The zero-order valence-electron chi connectivity index (χ0n) is 19.4. The fourth-order valence-electron chi connectivity index (χ4n) is 3.77. The third-order valence-electron chi connectivity index (χ3n) is 5.53. The molecule has 0 aliphatic carbocycles. The highest BCUT2D eigenvalue weighted by molar-refractivity contribution is 7.21. The van der Waals surface area contributed by atoms with E-state index in [4.69, 9.17) is 5.73 Å². The number of thiophene rings is 1. The molecule has 0 saturated carbocycles. The van der Waals surface area contributed by atoms with E-state index in [1.165, 1.54) is 10.9 Å². The second kappa shape index (κ2) is 9.61. The lowest BCUT2D eigenvalue weighted by Gasteiger charge is -2.12. The topological polar surface area (TPSA) is 164 Å². The third kappa shape index (κ3) is 5.00. The van der Waals surface area contributed by atoms with E-state index in [1.54, 1.807) is 11.6 Å². The fraction of sp³-hybridized carbons (Fsp3) is 0.286. The van der Waals surface area contributed by atoms with Crippen LogP contribution in [0.1, 0.15) is 34.4 Å². The Bertz CT molecular complexity index is 1540.